The molecule has 0 aromatic heterocycles. The molecule has 2 N–H and O–H groups in total. The largest absolute Gasteiger partial charge is 0.405 e. The Bertz CT molecular complexity index is 409. The molecule has 0 bridgehead atoms. The highest BCUT2D eigenvalue weighted by atomic mass is 19.4. The van der Waals surface area contributed by atoms with Gasteiger partial charge in [0.1, 0.15) is 6.54 Å². The van der Waals surface area contributed by atoms with Crippen molar-refractivity contribution in [3.63, 3.8) is 0 Å². The molecule has 0 aliphatic carbocycles. The first-order chi connectivity index (χ1) is 9.38. The number of hydrogen-bond acceptors (Lipinski definition) is 2. The number of halogens is 3. The molecule has 1 aromatic rings. The first kappa shape index (κ1) is 16.1. The molecule has 0 spiro atoms. The van der Waals surface area contributed by atoms with Gasteiger partial charge in [0.2, 0.25) is 0 Å². The number of amides is 2. The Morgan fingerprint density at radius 2 is 1.85 bits per heavy atom. The monoisotopic (exact) mass is 289 g/mol. The lowest BCUT2D eigenvalue weighted by Gasteiger charge is -2.19. The summed E-state index contributed by atoms with van der Waals surface area (Å²) >= 11 is 0. The van der Waals surface area contributed by atoms with Crippen molar-refractivity contribution in [1.29, 1.82) is 0 Å². The Kier molecular flexibility index (Phi) is 6.14. The molecule has 0 fully saturated rings. The van der Waals surface area contributed by atoms with Crippen LogP contribution in [0.15, 0.2) is 30.3 Å². The fourth-order valence-electron chi connectivity index (χ4n) is 1.57. The van der Waals surface area contributed by atoms with Crippen LogP contribution in [0.1, 0.15) is 6.42 Å². The minimum absolute atomic E-state index is 0.320. The van der Waals surface area contributed by atoms with Crippen molar-refractivity contribution in [2.75, 3.05) is 31.6 Å². The van der Waals surface area contributed by atoms with Crippen molar-refractivity contribution < 1.29 is 18.0 Å². The van der Waals surface area contributed by atoms with Crippen molar-refractivity contribution >= 4 is 11.7 Å². The molecule has 1 rings (SSSR count). The van der Waals surface area contributed by atoms with Gasteiger partial charge in [0.15, 0.2) is 0 Å². The number of anilines is 1. The molecule has 0 saturated heterocycles. The smallest absolute Gasteiger partial charge is 0.375 e. The van der Waals surface area contributed by atoms with Crippen molar-refractivity contribution in [2.24, 2.45) is 0 Å². The van der Waals surface area contributed by atoms with Gasteiger partial charge in [-0.3, -0.25) is 0 Å². The first-order valence-electron chi connectivity index (χ1n) is 6.23. The second kappa shape index (κ2) is 7.62. The summed E-state index contributed by atoms with van der Waals surface area (Å²) in [7, 11) is 1.92. The van der Waals surface area contributed by atoms with Gasteiger partial charge in [-0.2, -0.15) is 13.2 Å². The summed E-state index contributed by atoms with van der Waals surface area (Å²) in [5.74, 6) is 0. The SMILES string of the molecule is CN(CCCNC(=O)NCC(F)(F)F)c1ccccc1. The van der Waals surface area contributed by atoms with Gasteiger partial charge in [-0.1, -0.05) is 18.2 Å². The predicted octanol–water partition coefficient (Wildman–Crippen LogP) is 2.37. The molecule has 0 aliphatic rings. The Morgan fingerprint density at radius 3 is 2.45 bits per heavy atom. The average Bonchev–Trinajstić information content (AvgIpc) is 2.41. The van der Waals surface area contributed by atoms with E-state index in [0.29, 0.717) is 19.5 Å². The van der Waals surface area contributed by atoms with Crippen molar-refractivity contribution in [3.8, 4) is 0 Å². The summed E-state index contributed by atoms with van der Waals surface area (Å²) in [5, 5.41) is 4.14. The van der Waals surface area contributed by atoms with Gasteiger partial charge < -0.3 is 15.5 Å². The maximum atomic E-state index is 11.8. The molecule has 0 aliphatic heterocycles. The third-order valence-corrected chi connectivity index (χ3v) is 2.60. The van der Waals surface area contributed by atoms with E-state index in [0.717, 1.165) is 5.69 Å². The number of nitrogens with zero attached hydrogens (tertiary/aromatic N) is 1. The minimum Gasteiger partial charge on any atom is -0.375 e. The number of alkyl halides is 3. The molecule has 4 nitrogen and oxygen atoms in total. The maximum Gasteiger partial charge on any atom is 0.405 e. The zero-order valence-corrected chi connectivity index (χ0v) is 11.2. The summed E-state index contributed by atoms with van der Waals surface area (Å²) < 4.78 is 35.5. The highest BCUT2D eigenvalue weighted by Gasteiger charge is 2.27. The van der Waals surface area contributed by atoms with E-state index in [9.17, 15) is 18.0 Å². The highest BCUT2D eigenvalue weighted by molar-refractivity contribution is 5.73. The van der Waals surface area contributed by atoms with Gasteiger partial charge in [0, 0.05) is 25.8 Å². The Morgan fingerprint density at radius 1 is 1.20 bits per heavy atom. The van der Waals surface area contributed by atoms with Gasteiger partial charge in [-0.25, -0.2) is 4.79 Å². The molecule has 1 aromatic carbocycles. The van der Waals surface area contributed by atoms with Crippen molar-refractivity contribution in [1.82, 2.24) is 10.6 Å². The lowest BCUT2D eigenvalue weighted by molar-refractivity contribution is -0.122. The summed E-state index contributed by atoms with van der Waals surface area (Å²) in [6.07, 6.45) is -3.74. The Balaban J connectivity index is 2.14. The number of urea groups is 1. The molecule has 2 amide bonds. The van der Waals surface area contributed by atoms with Crippen LogP contribution in [0.3, 0.4) is 0 Å². The van der Waals surface area contributed by atoms with Crippen LogP contribution in [0, 0.1) is 0 Å². The van der Waals surface area contributed by atoms with Crippen LogP contribution in [0.5, 0.6) is 0 Å². The average molecular weight is 289 g/mol. The van der Waals surface area contributed by atoms with E-state index in [4.69, 9.17) is 0 Å². The fourth-order valence-corrected chi connectivity index (χ4v) is 1.57. The summed E-state index contributed by atoms with van der Waals surface area (Å²) in [5.41, 5.74) is 1.05. The zero-order valence-electron chi connectivity index (χ0n) is 11.2. The van der Waals surface area contributed by atoms with E-state index in [2.05, 4.69) is 5.32 Å². The lowest BCUT2D eigenvalue weighted by atomic mass is 10.3. The van der Waals surface area contributed by atoms with E-state index in [1.54, 1.807) is 5.32 Å². The number of nitrogens with one attached hydrogen (secondary N) is 2. The van der Waals surface area contributed by atoms with Crippen molar-refractivity contribution in [3.05, 3.63) is 30.3 Å². The normalized spacial score (nSPS) is 11.0. The molecule has 0 unspecified atom stereocenters. The molecular weight excluding hydrogens is 271 g/mol. The van der Waals surface area contributed by atoms with Gasteiger partial charge in [-0.05, 0) is 18.6 Å². The molecule has 20 heavy (non-hydrogen) atoms. The number of carbonyl (C=O) groups is 1. The molecule has 0 saturated carbocycles. The lowest BCUT2D eigenvalue weighted by Crippen LogP contribution is -2.41. The molecule has 0 heterocycles. The standard InChI is InChI=1S/C13H18F3N3O/c1-19(11-6-3-2-4-7-11)9-5-8-17-12(20)18-10-13(14,15)16/h2-4,6-7H,5,8-10H2,1H3,(H2,17,18,20). The van der Waals surface area contributed by atoms with E-state index in [1.807, 2.05) is 42.3 Å². The zero-order chi connectivity index (χ0) is 15.0. The summed E-state index contributed by atoms with van der Waals surface area (Å²) in [6.45, 7) is -0.298. The van der Waals surface area contributed by atoms with Crippen LogP contribution in [0.2, 0.25) is 0 Å². The number of benzene rings is 1. The van der Waals surface area contributed by atoms with E-state index in [-0.39, 0.29) is 0 Å². The fraction of sp³-hybridized carbons (Fsp3) is 0.462. The van der Waals surface area contributed by atoms with E-state index >= 15 is 0 Å². The van der Waals surface area contributed by atoms with Crippen molar-refractivity contribution in [2.45, 2.75) is 12.6 Å². The van der Waals surface area contributed by atoms with Gasteiger partial charge in [-0.15, -0.1) is 0 Å². The van der Waals surface area contributed by atoms with Crippen LogP contribution >= 0.6 is 0 Å². The van der Waals surface area contributed by atoms with Gasteiger partial charge in [0.05, 0.1) is 0 Å². The number of carbonyl (C=O) groups excluding carboxylic acids is 1. The minimum atomic E-state index is -4.38. The van der Waals surface area contributed by atoms with E-state index in [1.165, 1.54) is 0 Å². The second-order valence-corrected chi connectivity index (χ2v) is 4.34. The van der Waals surface area contributed by atoms with Gasteiger partial charge in [0.25, 0.3) is 0 Å². The van der Waals surface area contributed by atoms with E-state index < -0.39 is 18.8 Å². The third-order valence-electron chi connectivity index (χ3n) is 2.60. The van der Waals surface area contributed by atoms with Crippen LogP contribution in [0.4, 0.5) is 23.7 Å². The third kappa shape index (κ3) is 6.86. The molecular formula is C13H18F3N3O. The highest BCUT2D eigenvalue weighted by Crippen LogP contribution is 2.12. The molecule has 0 atom stereocenters. The van der Waals surface area contributed by atoms with Crippen LogP contribution in [-0.4, -0.2) is 38.9 Å². The second-order valence-electron chi connectivity index (χ2n) is 4.34. The maximum absolute atomic E-state index is 11.8. The molecule has 7 heteroatoms. The van der Waals surface area contributed by atoms with Crippen LogP contribution < -0.4 is 15.5 Å². The van der Waals surface area contributed by atoms with Crippen LogP contribution in [0.25, 0.3) is 0 Å². The van der Waals surface area contributed by atoms with Gasteiger partial charge >= 0.3 is 12.2 Å². The quantitative estimate of drug-likeness (QED) is 0.790. The molecule has 0 radical (unpaired) electrons. The Hall–Kier alpha value is -1.92. The summed E-state index contributed by atoms with van der Waals surface area (Å²) in [6, 6.07) is 8.89. The first-order valence-corrected chi connectivity index (χ1v) is 6.23. The Labute approximate surface area is 116 Å². The van der Waals surface area contributed by atoms with Crippen LogP contribution in [-0.2, 0) is 0 Å². The number of rotatable bonds is 6. The summed E-state index contributed by atoms with van der Waals surface area (Å²) in [4.78, 5) is 13.1. The number of para-hydroxylation sites is 1. The molecule has 112 valence electrons. The topological polar surface area (TPSA) is 44.4 Å². The predicted molar refractivity (Wildman–Crippen MR) is 71.8 cm³/mol. The number of hydrogen-bond donors (Lipinski definition) is 2.